The minimum absolute atomic E-state index is 0. The van der Waals surface area contributed by atoms with Gasteiger partial charge in [-0.3, -0.25) is 9.69 Å². The smallest absolute Gasteiger partial charge is 0.337 e. The fraction of sp³-hybridized carbons (Fsp3) is 0.667. The van der Waals surface area contributed by atoms with Crippen LogP contribution in [0.25, 0.3) is 0 Å². The molecule has 0 saturated carbocycles. The summed E-state index contributed by atoms with van der Waals surface area (Å²) in [6.45, 7) is 0. The van der Waals surface area contributed by atoms with Crippen LogP contribution in [0.2, 0.25) is 0 Å². The highest BCUT2D eigenvalue weighted by Crippen LogP contribution is 2.23. The summed E-state index contributed by atoms with van der Waals surface area (Å²) in [6, 6.07) is -0.759. The zero-order chi connectivity index (χ0) is 13.9. The average Bonchev–Trinajstić information content (AvgIpc) is 2.28. The van der Waals surface area contributed by atoms with Gasteiger partial charge in [0.15, 0.2) is 5.21 Å². The Balaban J connectivity index is 0.00000324. The van der Waals surface area contributed by atoms with Gasteiger partial charge in [-0.1, -0.05) is 4.85 Å². The largest absolute Gasteiger partial charge is 0.688 e. The van der Waals surface area contributed by atoms with Gasteiger partial charge in [0.2, 0.25) is 16.8 Å². The zero-order valence-electron chi connectivity index (χ0n) is 11.4. The number of halogens is 1. The molecule has 19 heavy (non-hydrogen) atoms. The van der Waals surface area contributed by atoms with Crippen LogP contribution in [0.5, 0.6) is 5.88 Å². The molecular weight excluding hydrogens is 276 g/mol. The van der Waals surface area contributed by atoms with E-state index >= 15 is 0 Å². The molecule has 0 radical (unpaired) electrons. The summed E-state index contributed by atoms with van der Waals surface area (Å²) in [6.07, 6.45) is 0. The molecule has 10 heteroatoms. The van der Waals surface area contributed by atoms with Gasteiger partial charge in [0.1, 0.15) is 6.04 Å². The number of methoxy groups -OCH3 is 1. The number of hydrogen-bond donors (Lipinski definition) is 0. The molecule has 0 aliphatic heterocycles. The van der Waals surface area contributed by atoms with Gasteiger partial charge in [-0.05, 0) is 19.2 Å². The van der Waals surface area contributed by atoms with Crippen molar-refractivity contribution in [2.75, 3.05) is 35.3 Å². The van der Waals surface area contributed by atoms with Crippen LogP contribution in [-0.4, -0.2) is 66.5 Å². The molecular formula is C9H17ClN6O3. The van der Waals surface area contributed by atoms with Crippen LogP contribution in [0.4, 0.5) is 0 Å². The fourth-order valence-electron chi connectivity index (χ4n) is 1.47. The summed E-state index contributed by atoms with van der Waals surface area (Å²) in [4.78, 5) is 15.3. The molecule has 0 bridgehead atoms. The lowest BCUT2D eigenvalue weighted by molar-refractivity contribution is -0.682. The van der Waals surface area contributed by atoms with Gasteiger partial charge >= 0.3 is 5.88 Å². The predicted molar refractivity (Wildman–Crippen MR) is 67.7 cm³/mol. The summed E-state index contributed by atoms with van der Waals surface area (Å²) in [5.41, 5.74) is 0.131. The topological polar surface area (TPSA) is 98.4 Å². The van der Waals surface area contributed by atoms with Crippen LogP contribution in [0.3, 0.4) is 0 Å². The van der Waals surface area contributed by atoms with E-state index in [2.05, 4.69) is 15.5 Å². The highest BCUT2D eigenvalue weighted by atomic mass is 35.5. The lowest BCUT2D eigenvalue weighted by Crippen LogP contribution is -2.42. The van der Waals surface area contributed by atoms with E-state index in [-0.39, 0.29) is 34.7 Å². The molecule has 1 rings (SSSR count). The van der Waals surface area contributed by atoms with E-state index < -0.39 is 6.04 Å². The molecule has 1 amide bonds. The van der Waals surface area contributed by atoms with Crippen molar-refractivity contribution >= 4 is 18.3 Å². The first-order chi connectivity index (χ1) is 8.40. The van der Waals surface area contributed by atoms with E-state index in [1.54, 1.807) is 33.1 Å². The number of hydrogen-bond acceptors (Lipinski definition) is 7. The van der Waals surface area contributed by atoms with Gasteiger partial charge in [0.25, 0.3) is 0 Å². The van der Waals surface area contributed by atoms with Gasteiger partial charge in [0.05, 0.1) is 7.11 Å². The summed E-state index contributed by atoms with van der Waals surface area (Å²) in [5, 5.41) is 21.7. The molecule has 1 atom stereocenters. The first kappa shape index (κ1) is 17.3. The lowest BCUT2D eigenvalue weighted by atomic mass is 10.1. The number of amides is 1. The number of rotatable bonds is 4. The number of carbonyl (C=O) groups is 1. The quantitative estimate of drug-likeness (QED) is 0.498. The van der Waals surface area contributed by atoms with Crippen LogP contribution < -0.4 is 9.58 Å². The van der Waals surface area contributed by atoms with Gasteiger partial charge in [-0.15, -0.1) is 12.4 Å². The maximum Gasteiger partial charge on any atom is 0.337 e. The molecule has 0 N–H and O–H groups in total. The minimum atomic E-state index is -0.759. The van der Waals surface area contributed by atoms with E-state index in [1.165, 1.54) is 12.0 Å². The normalized spacial score (nSPS) is 11.7. The lowest BCUT2D eigenvalue weighted by Gasteiger charge is -2.24. The number of carbonyl (C=O) groups excluding carboxylic acids is 1. The van der Waals surface area contributed by atoms with Crippen molar-refractivity contribution in [1.82, 2.24) is 25.3 Å². The Bertz CT molecular complexity index is 442. The van der Waals surface area contributed by atoms with Gasteiger partial charge in [-0.2, -0.15) is 0 Å². The fourth-order valence-corrected chi connectivity index (χ4v) is 1.47. The maximum absolute atomic E-state index is 12.1. The third kappa shape index (κ3) is 3.61. The maximum atomic E-state index is 12.1. The first-order valence-electron chi connectivity index (χ1n) is 5.14. The summed E-state index contributed by atoms with van der Waals surface area (Å²) in [7, 11) is 7.94. The van der Waals surface area contributed by atoms with Crippen molar-refractivity contribution in [2.24, 2.45) is 0 Å². The molecule has 1 aromatic heterocycles. The Hall–Kier alpha value is -1.74. The molecule has 1 unspecified atom stereocenters. The monoisotopic (exact) mass is 292 g/mol. The number of ether oxygens (including phenoxy) is 1. The highest BCUT2D eigenvalue weighted by Gasteiger charge is 2.33. The average molecular weight is 293 g/mol. The Morgan fingerprint density at radius 2 is 1.95 bits per heavy atom. The molecule has 9 nitrogen and oxygen atoms in total. The van der Waals surface area contributed by atoms with Crippen molar-refractivity contribution in [1.29, 1.82) is 0 Å². The summed E-state index contributed by atoms with van der Waals surface area (Å²) < 4.78 is 4.93. The van der Waals surface area contributed by atoms with Crippen LogP contribution in [-0.2, 0) is 4.79 Å². The Morgan fingerprint density at radius 3 is 2.37 bits per heavy atom. The predicted octanol–water partition coefficient (Wildman–Crippen LogP) is -1.37. The van der Waals surface area contributed by atoms with Crippen LogP contribution >= 0.6 is 12.4 Å². The van der Waals surface area contributed by atoms with E-state index in [4.69, 9.17) is 4.74 Å². The number of aromatic nitrogens is 4. The second kappa shape index (κ2) is 7.00. The van der Waals surface area contributed by atoms with Crippen LogP contribution in [0.1, 0.15) is 11.7 Å². The SMILES string of the molecule is COc1c(C(C(=O)N(C)C)N(C)C)nnn[n+]1[O-].Cl. The zero-order valence-corrected chi connectivity index (χ0v) is 12.2. The van der Waals surface area contributed by atoms with Crippen molar-refractivity contribution in [2.45, 2.75) is 6.04 Å². The third-order valence-corrected chi connectivity index (χ3v) is 2.31. The Kier molecular flexibility index (Phi) is 6.36. The molecule has 0 aromatic carbocycles. The third-order valence-electron chi connectivity index (χ3n) is 2.31. The summed E-state index contributed by atoms with van der Waals surface area (Å²) in [5.74, 6) is -0.377. The second-order valence-electron chi connectivity index (χ2n) is 4.05. The van der Waals surface area contributed by atoms with Gasteiger partial charge < -0.3 is 14.8 Å². The van der Waals surface area contributed by atoms with Crippen molar-refractivity contribution in [3.05, 3.63) is 10.9 Å². The van der Waals surface area contributed by atoms with Crippen LogP contribution in [0.15, 0.2) is 0 Å². The molecule has 0 fully saturated rings. The van der Waals surface area contributed by atoms with Crippen molar-refractivity contribution in [3.8, 4) is 5.88 Å². The summed E-state index contributed by atoms with van der Waals surface area (Å²) >= 11 is 0. The van der Waals surface area contributed by atoms with E-state index in [0.29, 0.717) is 0 Å². The first-order valence-corrected chi connectivity index (χ1v) is 5.14. The molecule has 108 valence electrons. The molecule has 1 aromatic rings. The number of nitrogens with zero attached hydrogens (tertiary/aromatic N) is 6. The van der Waals surface area contributed by atoms with Gasteiger partial charge in [0, 0.05) is 14.1 Å². The highest BCUT2D eigenvalue weighted by molar-refractivity contribution is 5.85. The second-order valence-corrected chi connectivity index (χ2v) is 4.05. The minimum Gasteiger partial charge on any atom is -0.688 e. The van der Waals surface area contributed by atoms with Crippen molar-refractivity contribution < 1.29 is 14.4 Å². The molecule has 0 aliphatic carbocycles. The molecule has 0 aliphatic rings. The Morgan fingerprint density at radius 1 is 1.37 bits per heavy atom. The van der Waals surface area contributed by atoms with Crippen LogP contribution in [0, 0.1) is 5.21 Å². The molecule has 0 saturated heterocycles. The standard InChI is InChI=1S/C9H16N6O3.ClH/c1-13(2)7(8(16)14(3)4)6-9(18-5)15(17)12-11-10-6;/h7H,1-5H3;1H. The molecule has 1 heterocycles. The van der Waals surface area contributed by atoms with Gasteiger partial charge in [-0.25, -0.2) is 0 Å². The Labute approximate surface area is 117 Å². The van der Waals surface area contributed by atoms with E-state index in [1.807, 2.05) is 0 Å². The number of likely N-dealkylation sites (N-methyl/N-ethyl adjacent to an activating group) is 2. The van der Waals surface area contributed by atoms with E-state index in [9.17, 15) is 10.0 Å². The van der Waals surface area contributed by atoms with Crippen molar-refractivity contribution in [3.63, 3.8) is 0 Å². The van der Waals surface area contributed by atoms with E-state index in [0.717, 1.165) is 0 Å². The molecule has 0 spiro atoms.